The summed E-state index contributed by atoms with van der Waals surface area (Å²) in [6.45, 7) is 0.0429. The highest BCUT2D eigenvalue weighted by Gasteiger charge is 2.06. The van der Waals surface area contributed by atoms with Crippen LogP contribution in [0.3, 0.4) is 0 Å². The molecule has 0 aliphatic carbocycles. The maximum absolute atomic E-state index is 13.1. The lowest BCUT2D eigenvalue weighted by Gasteiger charge is -2.04. The summed E-state index contributed by atoms with van der Waals surface area (Å²) in [5.41, 5.74) is 1.99. The standard InChI is InChI=1S/C13H11F2NO/c14-11-2-1-10(8-12(11)15)13-7-9(4-6-17)3-5-16-13/h1-3,5,7-8,17H,4,6H2. The molecule has 0 saturated carbocycles. The Bertz CT molecular complexity index is 529. The normalized spacial score (nSPS) is 10.5. The molecule has 0 amide bonds. The van der Waals surface area contributed by atoms with E-state index in [9.17, 15) is 8.78 Å². The summed E-state index contributed by atoms with van der Waals surface area (Å²) in [6, 6.07) is 7.19. The number of aliphatic hydroxyl groups is 1. The van der Waals surface area contributed by atoms with Gasteiger partial charge < -0.3 is 5.11 Å². The first kappa shape index (κ1) is 11.7. The molecule has 2 nitrogen and oxygen atoms in total. The zero-order valence-electron chi connectivity index (χ0n) is 9.03. The zero-order valence-corrected chi connectivity index (χ0v) is 9.03. The lowest BCUT2D eigenvalue weighted by molar-refractivity contribution is 0.299. The van der Waals surface area contributed by atoms with Gasteiger partial charge in [-0.15, -0.1) is 0 Å². The third-order valence-corrected chi connectivity index (χ3v) is 2.44. The van der Waals surface area contributed by atoms with Crippen molar-refractivity contribution < 1.29 is 13.9 Å². The van der Waals surface area contributed by atoms with Gasteiger partial charge in [-0.1, -0.05) is 0 Å². The van der Waals surface area contributed by atoms with Crippen molar-refractivity contribution in [3.8, 4) is 11.3 Å². The van der Waals surface area contributed by atoms with Crippen molar-refractivity contribution in [2.24, 2.45) is 0 Å². The topological polar surface area (TPSA) is 33.1 Å². The number of nitrogens with zero attached hydrogens (tertiary/aromatic N) is 1. The first-order chi connectivity index (χ1) is 8.20. The number of aromatic nitrogens is 1. The van der Waals surface area contributed by atoms with E-state index in [0.717, 1.165) is 17.7 Å². The van der Waals surface area contributed by atoms with E-state index in [4.69, 9.17) is 5.11 Å². The van der Waals surface area contributed by atoms with Crippen molar-refractivity contribution >= 4 is 0 Å². The Kier molecular flexibility index (Phi) is 3.44. The molecule has 0 radical (unpaired) electrons. The van der Waals surface area contributed by atoms with Crippen LogP contribution in [0.1, 0.15) is 5.56 Å². The average Bonchev–Trinajstić information content (AvgIpc) is 2.33. The van der Waals surface area contributed by atoms with Crippen molar-refractivity contribution in [2.45, 2.75) is 6.42 Å². The van der Waals surface area contributed by atoms with Gasteiger partial charge in [0.1, 0.15) is 0 Å². The number of pyridine rings is 1. The molecule has 2 rings (SSSR count). The van der Waals surface area contributed by atoms with Crippen LogP contribution in [0.4, 0.5) is 8.78 Å². The van der Waals surface area contributed by atoms with Gasteiger partial charge in [0.25, 0.3) is 0 Å². The minimum Gasteiger partial charge on any atom is -0.396 e. The van der Waals surface area contributed by atoms with Crippen molar-refractivity contribution in [3.63, 3.8) is 0 Å². The molecule has 0 aliphatic heterocycles. The third kappa shape index (κ3) is 2.65. The number of aliphatic hydroxyl groups excluding tert-OH is 1. The summed E-state index contributed by atoms with van der Waals surface area (Å²) in [4.78, 5) is 4.09. The van der Waals surface area contributed by atoms with Crippen LogP contribution < -0.4 is 0 Å². The Hall–Kier alpha value is -1.81. The van der Waals surface area contributed by atoms with Crippen LogP contribution in [-0.4, -0.2) is 16.7 Å². The molecule has 1 N–H and O–H groups in total. The monoisotopic (exact) mass is 235 g/mol. The largest absolute Gasteiger partial charge is 0.396 e. The Morgan fingerprint density at radius 3 is 2.59 bits per heavy atom. The molecule has 0 unspecified atom stereocenters. The lowest BCUT2D eigenvalue weighted by atomic mass is 10.1. The Balaban J connectivity index is 2.38. The highest BCUT2D eigenvalue weighted by Crippen LogP contribution is 2.20. The summed E-state index contributed by atoms with van der Waals surface area (Å²) in [5.74, 6) is -1.77. The van der Waals surface area contributed by atoms with Crippen molar-refractivity contribution in [1.29, 1.82) is 0 Å². The molecule has 17 heavy (non-hydrogen) atoms. The summed E-state index contributed by atoms with van der Waals surface area (Å²) in [5, 5.41) is 8.83. The molecule has 0 atom stereocenters. The van der Waals surface area contributed by atoms with E-state index in [0.29, 0.717) is 17.7 Å². The summed E-state index contributed by atoms with van der Waals surface area (Å²) < 4.78 is 25.9. The Morgan fingerprint density at radius 2 is 1.88 bits per heavy atom. The molecule has 0 aliphatic rings. The first-order valence-electron chi connectivity index (χ1n) is 5.22. The Labute approximate surface area is 97.6 Å². The number of benzene rings is 1. The van der Waals surface area contributed by atoms with Gasteiger partial charge in [-0.25, -0.2) is 8.78 Å². The molecule has 1 aromatic carbocycles. The molecule has 4 heteroatoms. The number of hydrogen-bond acceptors (Lipinski definition) is 2. The second kappa shape index (κ2) is 5.01. The van der Waals surface area contributed by atoms with E-state index < -0.39 is 11.6 Å². The van der Waals surface area contributed by atoms with E-state index in [2.05, 4.69) is 4.98 Å². The van der Waals surface area contributed by atoms with E-state index in [1.807, 2.05) is 0 Å². The van der Waals surface area contributed by atoms with Gasteiger partial charge >= 0.3 is 0 Å². The Morgan fingerprint density at radius 1 is 1.06 bits per heavy atom. The van der Waals surface area contributed by atoms with Crippen molar-refractivity contribution in [2.75, 3.05) is 6.61 Å². The van der Waals surface area contributed by atoms with Gasteiger partial charge in [-0.05, 0) is 42.3 Å². The molecule has 0 spiro atoms. The maximum Gasteiger partial charge on any atom is 0.159 e. The van der Waals surface area contributed by atoms with Crippen LogP contribution in [0, 0.1) is 11.6 Å². The fraction of sp³-hybridized carbons (Fsp3) is 0.154. The van der Waals surface area contributed by atoms with Crippen LogP contribution in [0.15, 0.2) is 36.5 Å². The minimum atomic E-state index is -0.892. The molecule has 0 saturated heterocycles. The summed E-state index contributed by atoms with van der Waals surface area (Å²) in [7, 11) is 0. The highest BCUT2D eigenvalue weighted by atomic mass is 19.2. The molecule has 2 aromatic rings. The SMILES string of the molecule is OCCc1ccnc(-c2ccc(F)c(F)c2)c1. The van der Waals surface area contributed by atoms with E-state index in [1.165, 1.54) is 6.07 Å². The van der Waals surface area contributed by atoms with Gasteiger partial charge in [-0.3, -0.25) is 4.98 Å². The lowest BCUT2D eigenvalue weighted by Crippen LogP contribution is -1.93. The molecule has 0 bridgehead atoms. The second-order valence-electron chi connectivity index (χ2n) is 3.65. The second-order valence-corrected chi connectivity index (χ2v) is 3.65. The average molecular weight is 235 g/mol. The number of halogens is 2. The summed E-state index contributed by atoms with van der Waals surface area (Å²) >= 11 is 0. The molecule has 88 valence electrons. The van der Waals surface area contributed by atoms with Crippen LogP contribution in [0.25, 0.3) is 11.3 Å². The quantitative estimate of drug-likeness (QED) is 0.886. The summed E-state index contributed by atoms with van der Waals surface area (Å²) in [6.07, 6.45) is 2.10. The molecule has 1 heterocycles. The third-order valence-electron chi connectivity index (χ3n) is 2.44. The van der Waals surface area contributed by atoms with E-state index in [-0.39, 0.29) is 6.61 Å². The maximum atomic E-state index is 13.1. The molecule has 0 fully saturated rings. The minimum absolute atomic E-state index is 0.0429. The van der Waals surface area contributed by atoms with Crippen molar-refractivity contribution in [1.82, 2.24) is 4.98 Å². The molecule has 1 aromatic heterocycles. The van der Waals surface area contributed by atoms with Crippen LogP contribution in [0.5, 0.6) is 0 Å². The zero-order chi connectivity index (χ0) is 12.3. The first-order valence-corrected chi connectivity index (χ1v) is 5.22. The number of hydrogen-bond donors (Lipinski definition) is 1. The van der Waals surface area contributed by atoms with Crippen molar-refractivity contribution in [3.05, 3.63) is 53.7 Å². The smallest absolute Gasteiger partial charge is 0.159 e. The molecular weight excluding hydrogens is 224 g/mol. The number of rotatable bonds is 3. The fourth-order valence-corrected chi connectivity index (χ4v) is 1.57. The van der Waals surface area contributed by atoms with E-state index in [1.54, 1.807) is 18.3 Å². The highest BCUT2D eigenvalue weighted by molar-refractivity contribution is 5.59. The van der Waals surface area contributed by atoms with Crippen LogP contribution in [-0.2, 0) is 6.42 Å². The molecular formula is C13H11F2NO. The van der Waals surface area contributed by atoms with Gasteiger partial charge in [0.15, 0.2) is 11.6 Å². The van der Waals surface area contributed by atoms with Gasteiger partial charge in [0.2, 0.25) is 0 Å². The van der Waals surface area contributed by atoms with Gasteiger partial charge in [-0.2, -0.15) is 0 Å². The fourth-order valence-electron chi connectivity index (χ4n) is 1.57. The van der Waals surface area contributed by atoms with E-state index >= 15 is 0 Å². The predicted molar refractivity (Wildman–Crippen MR) is 60.4 cm³/mol. The predicted octanol–water partition coefficient (Wildman–Crippen LogP) is 2.56. The van der Waals surface area contributed by atoms with Gasteiger partial charge in [0.05, 0.1) is 5.69 Å². The van der Waals surface area contributed by atoms with Crippen LogP contribution >= 0.6 is 0 Å². The van der Waals surface area contributed by atoms with Gasteiger partial charge in [0, 0.05) is 18.4 Å². The van der Waals surface area contributed by atoms with Crippen LogP contribution in [0.2, 0.25) is 0 Å².